The second kappa shape index (κ2) is 5.85. The summed E-state index contributed by atoms with van der Waals surface area (Å²) in [4.78, 5) is 29.6. The van der Waals surface area contributed by atoms with E-state index in [2.05, 4.69) is 4.98 Å². The summed E-state index contributed by atoms with van der Waals surface area (Å²) in [6.07, 6.45) is 5.99. The van der Waals surface area contributed by atoms with Crippen molar-refractivity contribution in [2.75, 3.05) is 4.90 Å². The Morgan fingerprint density at radius 3 is 2.64 bits per heavy atom. The number of hydrogen-bond donors (Lipinski definition) is 1. The van der Waals surface area contributed by atoms with Crippen molar-refractivity contribution in [3.05, 3.63) is 69.3 Å². The molecule has 1 fully saturated rings. The fourth-order valence-electron chi connectivity index (χ4n) is 3.89. The fourth-order valence-corrected chi connectivity index (χ4v) is 3.89. The first kappa shape index (κ1) is 16.9. The molecular weight excluding hydrogens is 368 g/mol. The largest absolute Gasteiger partial charge is 0.477 e. The normalized spacial score (nSPS) is 15.9. The minimum absolute atomic E-state index is 0.0389. The minimum atomic E-state index is -1.41. The van der Waals surface area contributed by atoms with Crippen LogP contribution in [0.4, 0.5) is 14.5 Å². The molecule has 8 heteroatoms. The van der Waals surface area contributed by atoms with E-state index in [1.165, 1.54) is 10.8 Å². The molecule has 0 spiro atoms. The molecule has 2 aromatic heterocycles. The Hall–Kier alpha value is -3.29. The van der Waals surface area contributed by atoms with Crippen LogP contribution < -0.4 is 10.3 Å². The summed E-state index contributed by atoms with van der Waals surface area (Å²) in [6, 6.07) is 2.68. The van der Waals surface area contributed by atoms with Crippen LogP contribution in [0.2, 0.25) is 0 Å². The molecule has 142 valence electrons. The zero-order valence-corrected chi connectivity index (χ0v) is 14.7. The lowest BCUT2D eigenvalue weighted by molar-refractivity contribution is 0.0695. The van der Waals surface area contributed by atoms with Crippen molar-refractivity contribution in [3.63, 3.8) is 0 Å². The highest BCUT2D eigenvalue weighted by molar-refractivity contribution is 5.94. The molecule has 0 radical (unpaired) electrons. The van der Waals surface area contributed by atoms with Gasteiger partial charge in [0.1, 0.15) is 17.1 Å². The van der Waals surface area contributed by atoms with Gasteiger partial charge in [0.15, 0.2) is 5.82 Å². The molecular formula is C20H15F2N3O3. The second-order valence-electron chi connectivity index (χ2n) is 7.23. The Morgan fingerprint density at radius 1 is 1.21 bits per heavy atom. The number of hydrogen-bond acceptors (Lipinski definition) is 4. The van der Waals surface area contributed by atoms with E-state index in [0.29, 0.717) is 13.1 Å². The third-order valence-corrected chi connectivity index (χ3v) is 5.40. The van der Waals surface area contributed by atoms with E-state index in [1.807, 2.05) is 6.07 Å². The van der Waals surface area contributed by atoms with Crippen LogP contribution >= 0.6 is 0 Å². The number of nitrogens with zero attached hydrogens (tertiary/aromatic N) is 3. The summed E-state index contributed by atoms with van der Waals surface area (Å²) >= 11 is 0. The molecule has 28 heavy (non-hydrogen) atoms. The van der Waals surface area contributed by atoms with Crippen LogP contribution in [0.25, 0.3) is 10.9 Å². The molecule has 0 saturated heterocycles. The van der Waals surface area contributed by atoms with E-state index in [4.69, 9.17) is 0 Å². The number of carbonyl (C=O) groups is 1. The van der Waals surface area contributed by atoms with Crippen LogP contribution in [0, 0.1) is 11.6 Å². The molecule has 2 aliphatic rings. The maximum atomic E-state index is 15.6. The summed E-state index contributed by atoms with van der Waals surface area (Å²) in [5.74, 6) is -3.13. The average Bonchev–Trinajstić information content (AvgIpc) is 3.41. The number of benzene rings is 1. The maximum absolute atomic E-state index is 15.6. The van der Waals surface area contributed by atoms with Gasteiger partial charge in [0.05, 0.1) is 10.9 Å². The molecule has 5 rings (SSSR count). The van der Waals surface area contributed by atoms with Gasteiger partial charge in [-0.1, -0.05) is 0 Å². The topological polar surface area (TPSA) is 75.4 Å². The number of anilines is 1. The number of carboxylic acids is 1. The minimum Gasteiger partial charge on any atom is -0.477 e. The molecule has 3 aromatic rings. The van der Waals surface area contributed by atoms with Crippen LogP contribution in [0.1, 0.15) is 40.4 Å². The Morgan fingerprint density at radius 2 is 1.96 bits per heavy atom. The lowest BCUT2D eigenvalue weighted by atomic mass is 10.1. The van der Waals surface area contributed by atoms with Gasteiger partial charge in [0.25, 0.3) is 0 Å². The lowest BCUT2D eigenvalue weighted by Crippen LogP contribution is -2.22. The van der Waals surface area contributed by atoms with Crippen LogP contribution in [0.3, 0.4) is 0 Å². The first-order valence-electron chi connectivity index (χ1n) is 8.92. The average molecular weight is 383 g/mol. The number of carboxylic acid groups (broad SMARTS) is 1. The Kier molecular flexibility index (Phi) is 3.52. The standard InChI is InChI=1S/C20H15F2N3O3/c21-15-5-13-17(25(12-1-2-12)9-14(19(13)26)20(27)28)16(22)18(15)24-7-10-3-4-23-6-11(10)8-24/h3-6,9,12H,1-2,7-8H2,(H,27,28). The summed E-state index contributed by atoms with van der Waals surface area (Å²) in [5, 5.41) is 9.06. The van der Waals surface area contributed by atoms with Crippen molar-refractivity contribution >= 4 is 22.6 Å². The summed E-state index contributed by atoms with van der Waals surface area (Å²) in [7, 11) is 0. The molecule has 1 aromatic carbocycles. The predicted molar refractivity (Wildman–Crippen MR) is 97.5 cm³/mol. The van der Waals surface area contributed by atoms with E-state index in [-0.39, 0.29) is 22.6 Å². The first-order chi connectivity index (χ1) is 13.5. The Labute approximate surface area is 157 Å². The molecule has 1 aliphatic heterocycles. The number of aromatic nitrogens is 2. The Balaban J connectivity index is 1.75. The third kappa shape index (κ3) is 2.41. The predicted octanol–water partition coefficient (Wildman–Crippen LogP) is 3.23. The summed E-state index contributed by atoms with van der Waals surface area (Å²) in [6.45, 7) is 0.640. The highest BCUT2D eigenvalue weighted by Gasteiger charge is 2.32. The highest BCUT2D eigenvalue weighted by atomic mass is 19.1. The SMILES string of the molecule is O=C(O)c1cn(C2CC2)c2c(F)c(N3Cc4ccncc4C3)c(F)cc2c1=O. The van der Waals surface area contributed by atoms with Gasteiger partial charge in [-0.3, -0.25) is 9.78 Å². The summed E-state index contributed by atoms with van der Waals surface area (Å²) in [5.41, 5.74) is 0.226. The van der Waals surface area contributed by atoms with Crippen LogP contribution in [-0.2, 0) is 13.1 Å². The van der Waals surface area contributed by atoms with Gasteiger partial charge in [-0.05, 0) is 36.1 Å². The van der Waals surface area contributed by atoms with Gasteiger partial charge in [-0.25, -0.2) is 13.6 Å². The lowest BCUT2D eigenvalue weighted by Gasteiger charge is -2.22. The van der Waals surface area contributed by atoms with E-state index in [9.17, 15) is 19.1 Å². The van der Waals surface area contributed by atoms with Crippen LogP contribution in [0.15, 0.2) is 35.5 Å². The molecule has 1 N–H and O–H groups in total. The van der Waals surface area contributed by atoms with Crippen molar-refractivity contribution in [3.8, 4) is 0 Å². The van der Waals surface area contributed by atoms with E-state index in [1.54, 1.807) is 17.3 Å². The van der Waals surface area contributed by atoms with Gasteiger partial charge in [-0.2, -0.15) is 0 Å². The van der Waals surface area contributed by atoms with E-state index < -0.39 is 28.6 Å². The molecule has 0 bridgehead atoms. The van der Waals surface area contributed by atoms with Crippen molar-refractivity contribution in [1.29, 1.82) is 0 Å². The highest BCUT2D eigenvalue weighted by Crippen LogP contribution is 2.40. The van der Waals surface area contributed by atoms with Crippen molar-refractivity contribution in [2.24, 2.45) is 0 Å². The number of fused-ring (bicyclic) bond motifs is 2. The molecule has 0 amide bonds. The first-order valence-corrected chi connectivity index (χ1v) is 8.92. The molecule has 0 unspecified atom stereocenters. The van der Waals surface area contributed by atoms with Gasteiger partial charge >= 0.3 is 5.97 Å². The van der Waals surface area contributed by atoms with Crippen molar-refractivity contribution < 1.29 is 18.7 Å². The van der Waals surface area contributed by atoms with Crippen LogP contribution in [0.5, 0.6) is 0 Å². The molecule has 6 nitrogen and oxygen atoms in total. The molecule has 1 saturated carbocycles. The monoisotopic (exact) mass is 383 g/mol. The second-order valence-corrected chi connectivity index (χ2v) is 7.23. The van der Waals surface area contributed by atoms with E-state index in [0.717, 1.165) is 30.0 Å². The van der Waals surface area contributed by atoms with Crippen molar-refractivity contribution in [2.45, 2.75) is 32.0 Å². The smallest absolute Gasteiger partial charge is 0.341 e. The number of aromatic carboxylic acids is 1. The zero-order valence-electron chi connectivity index (χ0n) is 14.7. The van der Waals surface area contributed by atoms with Gasteiger partial charge < -0.3 is 14.6 Å². The zero-order chi connectivity index (χ0) is 19.6. The van der Waals surface area contributed by atoms with E-state index >= 15 is 4.39 Å². The van der Waals surface area contributed by atoms with Gasteiger partial charge in [-0.15, -0.1) is 0 Å². The molecule has 1 aliphatic carbocycles. The maximum Gasteiger partial charge on any atom is 0.341 e. The van der Waals surface area contributed by atoms with Gasteiger partial charge in [0, 0.05) is 37.7 Å². The number of rotatable bonds is 3. The number of halogens is 2. The summed E-state index contributed by atoms with van der Waals surface area (Å²) < 4.78 is 32.0. The third-order valence-electron chi connectivity index (χ3n) is 5.40. The Bertz CT molecular complexity index is 1190. The van der Waals surface area contributed by atoms with Gasteiger partial charge in [0.2, 0.25) is 5.43 Å². The molecule has 3 heterocycles. The van der Waals surface area contributed by atoms with Crippen LogP contribution in [-0.4, -0.2) is 20.6 Å². The van der Waals surface area contributed by atoms with Crippen molar-refractivity contribution in [1.82, 2.24) is 9.55 Å². The number of pyridine rings is 2. The molecule has 0 atom stereocenters. The quantitative estimate of drug-likeness (QED) is 0.752. The fraction of sp³-hybridized carbons (Fsp3) is 0.250.